The molecule has 1 saturated carbocycles. The summed E-state index contributed by atoms with van der Waals surface area (Å²) >= 11 is 0. The van der Waals surface area contributed by atoms with Gasteiger partial charge in [0.15, 0.2) is 0 Å². The summed E-state index contributed by atoms with van der Waals surface area (Å²) < 4.78 is 0. The molecule has 0 aromatic carbocycles. The lowest BCUT2D eigenvalue weighted by atomic mass is 9.76. The molecule has 2 unspecified atom stereocenters. The Morgan fingerprint density at radius 3 is 2.85 bits per heavy atom. The number of nitrogens with zero attached hydrogens (tertiary/aromatic N) is 1. The molecule has 1 heterocycles. The maximum absolute atomic E-state index is 4.09. The average Bonchev–Trinajstić information content (AvgIpc) is 2.14. The van der Waals surface area contributed by atoms with Gasteiger partial charge >= 0.3 is 0 Å². The lowest BCUT2D eigenvalue weighted by molar-refractivity contribution is -0.00667. The van der Waals surface area contributed by atoms with Crippen LogP contribution in [0.2, 0.25) is 0 Å². The summed E-state index contributed by atoms with van der Waals surface area (Å²) in [4.78, 5) is 2.63. The molecule has 2 aliphatic rings. The third kappa shape index (κ3) is 1.80. The summed E-state index contributed by atoms with van der Waals surface area (Å²) in [5.74, 6) is 1.04. The van der Waals surface area contributed by atoms with E-state index < -0.39 is 0 Å². The first-order valence-electron chi connectivity index (χ1n) is 5.72. The summed E-state index contributed by atoms with van der Waals surface area (Å²) in [5, 5.41) is 0. The van der Waals surface area contributed by atoms with Crippen LogP contribution in [-0.2, 0) is 0 Å². The zero-order chi connectivity index (χ0) is 9.26. The van der Waals surface area contributed by atoms with E-state index in [0.717, 1.165) is 24.9 Å². The molecular formula is C12H21N. The highest BCUT2D eigenvalue weighted by Gasteiger charge is 2.39. The Labute approximate surface area is 81.8 Å². The predicted molar refractivity (Wildman–Crippen MR) is 56.8 cm³/mol. The van der Waals surface area contributed by atoms with Crippen LogP contribution in [0.25, 0.3) is 0 Å². The van der Waals surface area contributed by atoms with Crippen molar-refractivity contribution in [2.45, 2.75) is 45.1 Å². The quantitative estimate of drug-likeness (QED) is 0.602. The fourth-order valence-corrected chi connectivity index (χ4v) is 2.76. The highest BCUT2D eigenvalue weighted by atomic mass is 15.2. The van der Waals surface area contributed by atoms with E-state index in [1.807, 2.05) is 0 Å². The number of hydrogen-bond donors (Lipinski definition) is 0. The first-order valence-corrected chi connectivity index (χ1v) is 5.72. The molecule has 1 saturated heterocycles. The molecule has 13 heavy (non-hydrogen) atoms. The highest BCUT2D eigenvalue weighted by molar-refractivity contribution is 5.03. The van der Waals surface area contributed by atoms with Gasteiger partial charge in [0.2, 0.25) is 0 Å². The minimum atomic E-state index is 0.928. The molecule has 1 nitrogen and oxygen atoms in total. The molecule has 2 fully saturated rings. The Morgan fingerprint density at radius 2 is 2.15 bits per heavy atom. The van der Waals surface area contributed by atoms with Crippen LogP contribution in [0.1, 0.15) is 39.0 Å². The molecule has 0 radical (unpaired) electrons. The van der Waals surface area contributed by atoms with E-state index in [1.54, 1.807) is 0 Å². The SMILES string of the molecule is C=C(CC)CN1CC2CCCCC21. The van der Waals surface area contributed by atoms with Gasteiger partial charge in [-0.3, -0.25) is 4.90 Å². The number of fused-ring (bicyclic) bond motifs is 1. The van der Waals surface area contributed by atoms with Gasteiger partial charge in [-0.05, 0) is 25.2 Å². The Hall–Kier alpha value is -0.300. The van der Waals surface area contributed by atoms with Gasteiger partial charge in [0.05, 0.1) is 0 Å². The fourth-order valence-electron chi connectivity index (χ4n) is 2.76. The number of hydrogen-bond acceptors (Lipinski definition) is 1. The molecule has 1 aliphatic carbocycles. The van der Waals surface area contributed by atoms with Gasteiger partial charge in [-0.2, -0.15) is 0 Å². The summed E-state index contributed by atoms with van der Waals surface area (Å²) in [6, 6.07) is 0.928. The van der Waals surface area contributed by atoms with Gasteiger partial charge in [0.25, 0.3) is 0 Å². The second kappa shape index (κ2) is 3.83. The largest absolute Gasteiger partial charge is 0.296 e. The molecule has 2 atom stereocenters. The molecule has 1 aliphatic heterocycles. The van der Waals surface area contributed by atoms with Crippen LogP contribution in [0.4, 0.5) is 0 Å². The molecule has 0 aromatic heterocycles. The fraction of sp³-hybridized carbons (Fsp3) is 0.833. The number of rotatable bonds is 3. The summed E-state index contributed by atoms with van der Waals surface area (Å²) in [5.41, 5.74) is 1.41. The van der Waals surface area contributed by atoms with E-state index in [0.29, 0.717) is 0 Å². The highest BCUT2D eigenvalue weighted by Crippen LogP contribution is 2.37. The van der Waals surface area contributed by atoms with Gasteiger partial charge in [0.1, 0.15) is 0 Å². The third-order valence-corrected chi connectivity index (χ3v) is 3.73. The van der Waals surface area contributed by atoms with Crippen LogP contribution < -0.4 is 0 Å². The lowest BCUT2D eigenvalue weighted by Gasteiger charge is -2.51. The molecule has 74 valence electrons. The van der Waals surface area contributed by atoms with E-state index >= 15 is 0 Å². The Bertz CT molecular complexity index is 197. The van der Waals surface area contributed by atoms with Crippen LogP contribution in [0, 0.1) is 5.92 Å². The van der Waals surface area contributed by atoms with Crippen LogP contribution in [0.3, 0.4) is 0 Å². The van der Waals surface area contributed by atoms with Gasteiger partial charge in [-0.1, -0.05) is 31.9 Å². The maximum atomic E-state index is 4.09. The lowest BCUT2D eigenvalue weighted by Crippen LogP contribution is -2.57. The third-order valence-electron chi connectivity index (χ3n) is 3.73. The zero-order valence-corrected chi connectivity index (χ0v) is 8.76. The van der Waals surface area contributed by atoms with Crippen molar-refractivity contribution in [3.8, 4) is 0 Å². The van der Waals surface area contributed by atoms with Crippen LogP contribution in [-0.4, -0.2) is 24.0 Å². The van der Waals surface area contributed by atoms with Gasteiger partial charge < -0.3 is 0 Å². The smallest absolute Gasteiger partial charge is 0.0193 e. The minimum Gasteiger partial charge on any atom is -0.296 e. The first-order chi connectivity index (χ1) is 6.31. The van der Waals surface area contributed by atoms with Crippen LogP contribution in [0.15, 0.2) is 12.2 Å². The van der Waals surface area contributed by atoms with Gasteiger partial charge in [-0.15, -0.1) is 0 Å². The van der Waals surface area contributed by atoms with Gasteiger partial charge in [0, 0.05) is 19.1 Å². The van der Waals surface area contributed by atoms with Crippen LogP contribution >= 0.6 is 0 Å². The van der Waals surface area contributed by atoms with Crippen molar-refractivity contribution in [1.29, 1.82) is 0 Å². The van der Waals surface area contributed by atoms with Crippen molar-refractivity contribution >= 4 is 0 Å². The second-order valence-corrected chi connectivity index (χ2v) is 4.64. The molecular weight excluding hydrogens is 158 g/mol. The summed E-state index contributed by atoms with van der Waals surface area (Å²) in [7, 11) is 0. The van der Waals surface area contributed by atoms with E-state index in [1.165, 1.54) is 37.8 Å². The van der Waals surface area contributed by atoms with E-state index in [2.05, 4.69) is 18.4 Å². The van der Waals surface area contributed by atoms with Crippen molar-refractivity contribution in [1.82, 2.24) is 4.90 Å². The van der Waals surface area contributed by atoms with Gasteiger partial charge in [-0.25, -0.2) is 0 Å². The average molecular weight is 179 g/mol. The second-order valence-electron chi connectivity index (χ2n) is 4.64. The monoisotopic (exact) mass is 179 g/mol. The van der Waals surface area contributed by atoms with E-state index in [9.17, 15) is 0 Å². The van der Waals surface area contributed by atoms with Crippen molar-refractivity contribution < 1.29 is 0 Å². The molecule has 2 rings (SSSR count). The molecule has 0 N–H and O–H groups in total. The summed E-state index contributed by atoms with van der Waals surface area (Å²) in [6.45, 7) is 8.81. The number of likely N-dealkylation sites (tertiary alicyclic amines) is 1. The molecule has 1 heteroatoms. The molecule has 0 amide bonds. The first kappa shape index (κ1) is 9.26. The Balaban J connectivity index is 1.80. The van der Waals surface area contributed by atoms with Crippen LogP contribution in [0.5, 0.6) is 0 Å². The molecule has 0 aromatic rings. The maximum Gasteiger partial charge on any atom is 0.0193 e. The standard InChI is InChI=1S/C12H21N/c1-3-10(2)8-13-9-11-6-4-5-7-12(11)13/h11-12H,2-9H2,1H3. The zero-order valence-electron chi connectivity index (χ0n) is 8.76. The van der Waals surface area contributed by atoms with E-state index in [4.69, 9.17) is 0 Å². The molecule has 0 bridgehead atoms. The Kier molecular flexibility index (Phi) is 2.73. The Morgan fingerprint density at radius 1 is 1.38 bits per heavy atom. The normalized spacial score (nSPS) is 33.6. The van der Waals surface area contributed by atoms with Crippen molar-refractivity contribution in [3.63, 3.8) is 0 Å². The van der Waals surface area contributed by atoms with Crippen molar-refractivity contribution in [2.75, 3.05) is 13.1 Å². The predicted octanol–water partition coefficient (Wildman–Crippen LogP) is 2.83. The van der Waals surface area contributed by atoms with E-state index in [-0.39, 0.29) is 0 Å². The summed E-state index contributed by atoms with van der Waals surface area (Å²) in [6.07, 6.45) is 7.01. The van der Waals surface area contributed by atoms with Crippen molar-refractivity contribution in [3.05, 3.63) is 12.2 Å². The topological polar surface area (TPSA) is 3.24 Å². The molecule has 0 spiro atoms. The van der Waals surface area contributed by atoms with Crippen molar-refractivity contribution in [2.24, 2.45) is 5.92 Å². The minimum absolute atomic E-state index is 0.928.